The summed E-state index contributed by atoms with van der Waals surface area (Å²) >= 11 is 0. The van der Waals surface area contributed by atoms with Crippen molar-refractivity contribution in [3.63, 3.8) is 0 Å². The lowest BCUT2D eigenvalue weighted by Gasteiger charge is -2.24. The van der Waals surface area contributed by atoms with Crippen LogP contribution in [0.1, 0.15) is 37.5 Å². The summed E-state index contributed by atoms with van der Waals surface area (Å²) < 4.78 is 5.59. The Bertz CT molecular complexity index is 414. The first-order chi connectivity index (χ1) is 7.91. The highest BCUT2D eigenvalue weighted by Gasteiger charge is 2.21. The van der Waals surface area contributed by atoms with Crippen molar-refractivity contribution in [2.45, 2.75) is 33.1 Å². The lowest BCUT2D eigenvalue weighted by molar-refractivity contribution is 0.396. The van der Waals surface area contributed by atoms with Gasteiger partial charge < -0.3 is 10.5 Å². The molecular formula is C15H23NO. The highest BCUT2D eigenvalue weighted by Crippen LogP contribution is 2.36. The van der Waals surface area contributed by atoms with E-state index in [4.69, 9.17) is 10.5 Å². The van der Waals surface area contributed by atoms with Crippen LogP contribution in [0.2, 0.25) is 0 Å². The van der Waals surface area contributed by atoms with Gasteiger partial charge in [0.05, 0.1) is 7.11 Å². The molecule has 0 spiro atoms. The van der Waals surface area contributed by atoms with Crippen molar-refractivity contribution in [3.8, 4) is 5.75 Å². The van der Waals surface area contributed by atoms with Crippen LogP contribution in [0.25, 0.3) is 6.08 Å². The standard InChI is InChI=1S/C15H23NO/c1-11-8-9-13(15(2,3)4)14(17-5)12(11)7-6-10-16/h6-9H,10,16H2,1-5H3/b7-6+. The molecule has 94 valence electrons. The third kappa shape index (κ3) is 3.10. The van der Waals surface area contributed by atoms with Crippen LogP contribution in [0.15, 0.2) is 18.2 Å². The summed E-state index contributed by atoms with van der Waals surface area (Å²) in [5.74, 6) is 0.960. The Morgan fingerprint density at radius 1 is 1.29 bits per heavy atom. The van der Waals surface area contributed by atoms with Crippen molar-refractivity contribution < 1.29 is 4.74 Å². The van der Waals surface area contributed by atoms with E-state index in [0.29, 0.717) is 6.54 Å². The molecule has 0 aliphatic rings. The Balaban J connectivity index is 3.42. The van der Waals surface area contributed by atoms with E-state index in [2.05, 4.69) is 39.8 Å². The fourth-order valence-corrected chi connectivity index (χ4v) is 1.90. The van der Waals surface area contributed by atoms with Crippen LogP contribution in [0.5, 0.6) is 5.75 Å². The Hall–Kier alpha value is -1.28. The maximum Gasteiger partial charge on any atom is 0.130 e. The van der Waals surface area contributed by atoms with Gasteiger partial charge in [0.15, 0.2) is 0 Å². The van der Waals surface area contributed by atoms with Gasteiger partial charge in [-0.3, -0.25) is 0 Å². The van der Waals surface area contributed by atoms with Crippen LogP contribution >= 0.6 is 0 Å². The van der Waals surface area contributed by atoms with E-state index >= 15 is 0 Å². The zero-order valence-corrected chi connectivity index (χ0v) is 11.5. The largest absolute Gasteiger partial charge is 0.496 e. The normalized spacial score (nSPS) is 12.1. The summed E-state index contributed by atoms with van der Waals surface area (Å²) in [5, 5.41) is 0. The summed E-state index contributed by atoms with van der Waals surface area (Å²) in [6.45, 7) is 9.21. The molecule has 0 bridgehead atoms. The number of hydrogen-bond donors (Lipinski definition) is 1. The van der Waals surface area contributed by atoms with E-state index in [-0.39, 0.29) is 5.41 Å². The minimum Gasteiger partial charge on any atom is -0.496 e. The first-order valence-electron chi connectivity index (χ1n) is 5.96. The zero-order valence-electron chi connectivity index (χ0n) is 11.5. The highest BCUT2D eigenvalue weighted by atomic mass is 16.5. The van der Waals surface area contributed by atoms with Crippen LogP contribution in [-0.4, -0.2) is 13.7 Å². The molecule has 0 aliphatic carbocycles. The summed E-state index contributed by atoms with van der Waals surface area (Å²) in [7, 11) is 1.73. The van der Waals surface area contributed by atoms with Crippen LogP contribution in [0.4, 0.5) is 0 Å². The Morgan fingerprint density at radius 2 is 1.94 bits per heavy atom. The number of benzene rings is 1. The van der Waals surface area contributed by atoms with E-state index in [1.54, 1.807) is 7.11 Å². The van der Waals surface area contributed by atoms with Gasteiger partial charge in [-0.1, -0.05) is 45.1 Å². The first kappa shape index (κ1) is 13.8. The van der Waals surface area contributed by atoms with Crippen molar-refractivity contribution in [1.82, 2.24) is 0 Å². The third-order valence-electron chi connectivity index (χ3n) is 2.85. The molecule has 2 heteroatoms. The molecule has 1 rings (SSSR count). The lowest BCUT2D eigenvalue weighted by Crippen LogP contribution is -2.13. The van der Waals surface area contributed by atoms with Gasteiger partial charge in [0.25, 0.3) is 0 Å². The molecule has 0 amide bonds. The Morgan fingerprint density at radius 3 is 2.41 bits per heavy atom. The maximum atomic E-state index is 5.59. The first-order valence-corrected chi connectivity index (χ1v) is 5.96. The van der Waals surface area contributed by atoms with Gasteiger partial charge in [-0.05, 0) is 17.9 Å². The fraction of sp³-hybridized carbons (Fsp3) is 0.467. The molecular weight excluding hydrogens is 210 g/mol. The molecule has 0 radical (unpaired) electrons. The number of methoxy groups -OCH3 is 1. The number of ether oxygens (including phenoxy) is 1. The zero-order chi connectivity index (χ0) is 13.1. The highest BCUT2D eigenvalue weighted by molar-refractivity contribution is 5.64. The quantitative estimate of drug-likeness (QED) is 0.869. The van der Waals surface area contributed by atoms with Gasteiger partial charge in [-0.15, -0.1) is 0 Å². The minimum atomic E-state index is 0.0738. The van der Waals surface area contributed by atoms with Gasteiger partial charge in [-0.25, -0.2) is 0 Å². The maximum absolute atomic E-state index is 5.59. The SMILES string of the molecule is COc1c(C(C)(C)C)ccc(C)c1/C=C/CN. The third-order valence-corrected chi connectivity index (χ3v) is 2.85. The Labute approximate surface area is 104 Å². The molecule has 2 nitrogen and oxygen atoms in total. The summed E-state index contributed by atoms with van der Waals surface area (Å²) in [6.07, 6.45) is 4.00. The second-order valence-electron chi connectivity index (χ2n) is 5.27. The topological polar surface area (TPSA) is 35.2 Å². The van der Waals surface area contributed by atoms with E-state index in [1.807, 2.05) is 12.2 Å². The molecule has 0 atom stereocenters. The molecule has 0 aromatic heterocycles. The monoisotopic (exact) mass is 233 g/mol. The molecule has 1 aromatic rings. The second kappa shape index (κ2) is 5.37. The molecule has 2 N–H and O–H groups in total. The molecule has 0 heterocycles. The van der Waals surface area contributed by atoms with E-state index < -0.39 is 0 Å². The van der Waals surface area contributed by atoms with Crippen LogP contribution in [-0.2, 0) is 5.41 Å². The van der Waals surface area contributed by atoms with E-state index in [1.165, 1.54) is 11.1 Å². The molecule has 17 heavy (non-hydrogen) atoms. The van der Waals surface area contributed by atoms with Crippen molar-refractivity contribution in [1.29, 1.82) is 0 Å². The summed E-state index contributed by atoms with van der Waals surface area (Å²) in [4.78, 5) is 0. The molecule has 0 saturated carbocycles. The Kier molecular flexibility index (Phi) is 4.35. The second-order valence-corrected chi connectivity index (χ2v) is 5.27. The lowest BCUT2D eigenvalue weighted by atomic mass is 9.84. The van der Waals surface area contributed by atoms with Gasteiger partial charge >= 0.3 is 0 Å². The summed E-state index contributed by atoms with van der Waals surface area (Å²) in [6, 6.07) is 4.28. The van der Waals surface area contributed by atoms with Crippen LogP contribution in [0, 0.1) is 6.92 Å². The number of aryl methyl sites for hydroxylation is 1. The summed E-state index contributed by atoms with van der Waals surface area (Å²) in [5.41, 5.74) is 9.15. The van der Waals surface area contributed by atoms with Gasteiger partial charge in [0.2, 0.25) is 0 Å². The van der Waals surface area contributed by atoms with Crippen molar-refractivity contribution in [2.75, 3.05) is 13.7 Å². The fourth-order valence-electron chi connectivity index (χ4n) is 1.90. The van der Waals surface area contributed by atoms with Crippen molar-refractivity contribution in [3.05, 3.63) is 34.9 Å². The number of rotatable bonds is 3. The van der Waals surface area contributed by atoms with Gasteiger partial charge in [0, 0.05) is 17.7 Å². The smallest absolute Gasteiger partial charge is 0.130 e. The average molecular weight is 233 g/mol. The average Bonchev–Trinajstić information content (AvgIpc) is 2.25. The molecule has 0 saturated heterocycles. The molecule has 0 fully saturated rings. The van der Waals surface area contributed by atoms with Gasteiger partial charge in [0.1, 0.15) is 5.75 Å². The molecule has 0 aliphatic heterocycles. The van der Waals surface area contributed by atoms with Crippen LogP contribution in [0.3, 0.4) is 0 Å². The predicted octanol–water partition coefficient (Wildman–Crippen LogP) is 3.27. The molecule has 1 aromatic carbocycles. The number of hydrogen-bond acceptors (Lipinski definition) is 2. The predicted molar refractivity (Wildman–Crippen MR) is 74.5 cm³/mol. The van der Waals surface area contributed by atoms with Crippen molar-refractivity contribution >= 4 is 6.08 Å². The van der Waals surface area contributed by atoms with E-state index in [9.17, 15) is 0 Å². The van der Waals surface area contributed by atoms with Crippen LogP contribution < -0.4 is 10.5 Å². The van der Waals surface area contributed by atoms with Crippen molar-refractivity contribution in [2.24, 2.45) is 5.73 Å². The van der Waals surface area contributed by atoms with E-state index in [0.717, 1.165) is 11.3 Å². The molecule has 0 unspecified atom stereocenters. The number of nitrogens with two attached hydrogens (primary N) is 1. The minimum absolute atomic E-state index is 0.0738. The van der Waals surface area contributed by atoms with Gasteiger partial charge in [-0.2, -0.15) is 0 Å².